The number of ether oxygens (including phenoxy) is 2. The quantitative estimate of drug-likeness (QED) is 0.568. The number of hydrogen-bond acceptors (Lipinski definition) is 5. The van der Waals surface area contributed by atoms with E-state index in [-0.39, 0.29) is 11.8 Å². The van der Waals surface area contributed by atoms with E-state index in [1.54, 1.807) is 40.0 Å². The Balaban J connectivity index is 2.92. The van der Waals surface area contributed by atoms with Crippen molar-refractivity contribution in [2.24, 2.45) is 5.92 Å². The van der Waals surface area contributed by atoms with Crippen LogP contribution in [-0.2, 0) is 20.7 Å². The minimum atomic E-state index is -0.817. The second-order valence-corrected chi connectivity index (χ2v) is 8.56. The summed E-state index contributed by atoms with van der Waals surface area (Å²) in [7, 11) is 3.09. The first-order valence-corrected chi connectivity index (χ1v) is 10.1. The van der Waals surface area contributed by atoms with E-state index >= 15 is 0 Å². The molecule has 0 aliphatic carbocycles. The molecule has 0 saturated heterocycles. The maximum atomic E-state index is 12.9. The van der Waals surface area contributed by atoms with Crippen LogP contribution in [0.15, 0.2) is 24.3 Å². The van der Waals surface area contributed by atoms with Gasteiger partial charge in [-0.3, -0.25) is 9.59 Å². The lowest BCUT2D eigenvalue weighted by Gasteiger charge is -2.26. The van der Waals surface area contributed by atoms with Gasteiger partial charge < -0.3 is 25.4 Å². The highest BCUT2D eigenvalue weighted by molar-refractivity contribution is 5.91. The SMILES string of the molecule is CNC(=O)[C@H](Cc1ccc(OC)cc1)NC(=O)[C@H](CC(C)C)NC(=O)OC(C)(C)C. The van der Waals surface area contributed by atoms with Crippen LogP contribution >= 0.6 is 0 Å². The Morgan fingerprint density at radius 1 is 0.967 bits per heavy atom. The number of alkyl carbamates (subject to hydrolysis) is 1. The first-order valence-electron chi connectivity index (χ1n) is 10.1. The van der Waals surface area contributed by atoms with E-state index in [1.165, 1.54) is 7.05 Å². The molecular formula is C22H35N3O5. The highest BCUT2D eigenvalue weighted by atomic mass is 16.6. The van der Waals surface area contributed by atoms with Gasteiger partial charge in [0.1, 0.15) is 23.4 Å². The first-order chi connectivity index (χ1) is 13.9. The molecule has 0 saturated carbocycles. The van der Waals surface area contributed by atoms with Crippen molar-refractivity contribution >= 4 is 17.9 Å². The second-order valence-electron chi connectivity index (χ2n) is 8.56. The Kier molecular flexibility index (Phi) is 9.62. The zero-order valence-corrected chi connectivity index (χ0v) is 19.0. The van der Waals surface area contributed by atoms with E-state index in [2.05, 4.69) is 16.0 Å². The number of hydrogen-bond donors (Lipinski definition) is 3. The smallest absolute Gasteiger partial charge is 0.408 e. The summed E-state index contributed by atoms with van der Waals surface area (Å²) in [5.74, 6) is 0.102. The zero-order chi connectivity index (χ0) is 22.9. The normalized spacial score (nSPS) is 13.2. The zero-order valence-electron chi connectivity index (χ0n) is 19.0. The van der Waals surface area contributed by atoms with Crippen molar-refractivity contribution in [1.29, 1.82) is 0 Å². The van der Waals surface area contributed by atoms with Gasteiger partial charge >= 0.3 is 6.09 Å². The molecule has 0 bridgehead atoms. The van der Waals surface area contributed by atoms with Crippen molar-refractivity contribution in [3.05, 3.63) is 29.8 Å². The molecule has 3 amide bonds. The fourth-order valence-corrected chi connectivity index (χ4v) is 2.81. The Bertz CT molecular complexity index is 710. The fraction of sp³-hybridized carbons (Fsp3) is 0.591. The molecule has 1 aromatic rings. The van der Waals surface area contributed by atoms with Crippen molar-refractivity contribution in [3.63, 3.8) is 0 Å². The molecule has 8 nitrogen and oxygen atoms in total. The molecule has 8 heteroatoms. The number of nitrogens with one attached hydrogen (secondary N) is 3. The minimum absolute atomic E-state index is 0.149. The minimum Gasteiger partial charge on any atom is -0.497 e. The molecule has 0 aromatic heterocycles. The van der Waals surface area contributed by atoms with Gasteiger partial charge in [-0.05, 0) is 50.8 Å². The van der Waals surface area contributed by atoms with Crippen LogP contribution < -0.4 is 20.7 Å². The van der Waals surface area contributed by atoms with Gasteiger partial charge in [0.2, 0.25) is 11.8 Å². The lowest BCUT2D eigenvalue weighted by Crippen LogP contribution is -2.54. The van der Waals surface area contributed by atoms with Gasteiger partial charge in [-0.1, -0.05) is 26.0 Å². The van der Waals surface area contributed by atoms with Gasteiger partial charge in [0.05, 0.1) is 7.11 Å². The standard InChI is InChI=1S/C22H35N3O5/c1-14(2)12-17(25-21(28)30-22(3,4)5)20(27)24-18(19(26)23-6)13-15-8-10-16(29-7)11-9-15/h8-11,14,17-18H,12-13H2,1-7H3,(H,23,26)(H,24,27)(H,25,28)/t17-,18-/m0/s1. The predicted molar refractivity (Wildman–Crippen MR) is 115 cm³/mol. The van der Waals surface area contributed by atoms with Crippen LogP contribution in [0, 0.1) is 5.92 Å². The number of carbonyl (C=O) groups excluding carboxylic acids is 3. The molecule has 0 unspecified atom stereocenters. The van der Waals surface area contributed by atoms with Crippen LogP contribution in [0.1, 0.15) is 46.6 Å². The van der Waals surface area contributed by atoms with Crippen molar-refractivity contribution < 1.29 is 23.9 Å². The largest absolute Gasteiger partial charge is 0.497 e. The van der Waals surface area contributed by atoms with E-state index in [0.717, 1.165) is 5.56 Å². The van der Waals surface area contributed by atoms with Crippen molar-refractivity contribution in [3.8, 4) is 5.75 Å². The van der Waals surface area contributed by atoms with E-state index in [9.17, 15) is 14.4 Å². The third-order valence-corrected chi connectivity index (χ3v) is 4.19. The van der Waals surface area contributed by atoms with Gasteiger partial charge in [-0.15, -0.1) is 0 Å². The number of methoxy groups -OCH3 is 1. The maximum absolute atomic E-state index is 12.9. The van der Waals surface area contributed by atoms with Gasteiger partial charge in [0, 0.05) is 13.5 Å². The summed E-state index contributed by atoms with van der Waals surface area (Å²) in [6.45, 7) is 9.15. The predicted octanol–water partition coefficient (Wildman–Crippen LogP) is 2.41. The summed E-state index contributed by atoms with van der Waals surface area (Å²) in [4.78, 5) is 37.5. The summed E-state index contributed by atoms with van der Waals surface area (Å²) in [5, 5.41) is 7.96. The summed E-state index contributed by atoms with van der Waals surface area (Å²) in [6, 6.07) is 5.67. The molecule has 3 N–H and O–H groups in total. The monoisotopic (exact) mass is 421 g/mol. The topological polar surface area (TPSA) is 106 Å². The lowest BCUT2D eigenvalue weighted by atomic mass is 10.0. The Morgan fingerprint density at radius 3 is 2.03 bits per heavy atom. The van der Waals surface area contributed by atoms with Gasteiger partial charge in [-0.2, -0.15) is 0 Å². The Labute approximate surface area is 179 Å². The molecule has 0 aliphatic heterocycles. The molecule has 0 aliphatic rings. The number of carbonyl (C=O) groups is 3. The lowest BCUT2D eigenvalue weighted by molar-refractivity contribution is -0.130. The summed E-state index contributed by atoms with van der Waals surface area (Å²) >= 11 is 0. The van der Waals surface area contributed by atoms with Gasteiger partial charge in [0.15, 0.2) is 0 Å². The van der Waals surface area contributed by atoms with Crippen molar-refractivity contribution in [2.75, 3.05) is 14.2 Å². The molecule has 0 radical (unpaired) electrons. The highest BCUT2D eigenvalue weighted by Crippen LogP contribution is 2.14. The molecule has 1 rings (SSSR count). The van der Waals surface area contributed by atoms with Gasteiger partial charge in [-0.25, -0.2) is 4.79 Å². The third kappa shape index (κ3) is 9.15. The average Bonchev–Trinajstić information content (AvgIpc) is 2.64. The fourth-order valence-electron chi connectivity index (χ4n) is 2.81. The van der Waals surface area contributed by atoms with Crippen LogP contribution in [0.3, 0.4) is 0 Å². The molecule has 0 heterocycles. The van der Waals surface area contributed by atoms with E-state index in [1.807, 2.05) is 26.0 Å². The van der Waals surface area contributed by atoms with E-state index in [0.29, 0.717) is 18.6 Å². The summed E-state index contributed by atoms with van der Waals surface area (Å²) in [5.41, 5.74) is 0.187. The number of likely N-dealkylation sites (N-methyl/N-ethyl adjacent to an activating group) is 1. The van der Waals surface area contributed by atoms with Gasteiger partial charge in [0.25, 0.3) is 0 Å². The number of rotatable bonds is 9. The maximum Gasteiger partial charge on any atom is 0.408 e. The molecule has 0 spiro atoms. The van der Waals surface area contributed by atoms with Crippen molar-refractivity contribution in [1.82, 2.24) is 16.0 Å². The number of benzene rings is 1. The molecule has 30 heavy (non-hydrogen) atoms. The van der Waals surface area contributed by atoms with E-state index in [4.69, 9.17) is 9.47 Å². The Morgan fingerprint density at radius 2 is 1.57 bits per heavy atom. The summed E-state index contributed by atoms with van der Waals surface area (Å²) < 4.78 is 10.4. The van der Waals surface area contributed by atoms with Crippen LogP contribution in [0.5, 0.6) is 5.75 Å². The molecule has 168 valence electrons. The van der Waals surface area contributed by atoms with Crippen molar-refractivity contribution in [2.45, 2.75) is 65.1 Å². The van der Waals surface area contributed by atoms with Crippen LogP contribution in [-0.4, -0.2) is 49.7 Å². The molecule has 2 atom stereocenters. The van der Waals surface area contributed by atoms with Crippen LogP contribution in [0.2, 0.25) is 0 Å². The van der Waals surface area contributed by atoms with Crippen LogP contribution in [0.25, 0.3) is 0 Å². The second kappa shape index (κ2) is 11.4. The van der Waals surface area contributed by atoms with Crippen LogP contribution in [0.4, 0.5) is 4.79 Å². The molecular weight excluding hydrogens is 386 g/mol. The number of amides is 3. The summed E-state index contributed by atoms with van der Waals surface area (Å²) in [6.07, 6.45) is 0.0413. The molecule has 1 aromatic carbocycles. The first kappa shape index (κ1) is 25.3. The molecule has 0 fully saturated rings. The highest BCUT2D eigenvalue weighted by Gasteiger charge is 2.28. The average molecular weight is 422 g/mol. The Hall–Kier alpha value is -2.77. The third-order valence-electron chi connectivity index (χ3n) is 4.19. The van der Waals surface area contributed by atoms with E-state index < -0.39 is 29.7 Å².